The van der Waals surface area contributed by atoms with Crippen LogP contribution in [-0.2, 0) is 25.7 Å². The van der Waals surface area contributed by atoms with Gasteiger partial charge >= 0.3 is 0 Å². The van der Waals surface area contributed by atoms with Gasteiger partial charge in [0.15, 0.2) is 0 Å². The maximum Gasteiger partial charge on any atom is 0.124 e. The Morgan fingerprint density at radius 2 is 1.81 bits per heavy atom. The van der Waals surface area contributed by atoms with Crippen molar-refractivity contribution < 1.29 is 4.74 Å². The van der Waals surface area contributed by atoms with Crippen molar-refractivity contribution in [2.75, 3.05) is 7.11 Å². The molecule has 0 radical (unpaired) electrons. The van der Waals surface area contributed by atoms with Gasteiger partial charge in [-0.2, -0.15) is 0 Å². The van der Waals surface area contributed by atoms with Crippen LogP contribution in [0.2, 0.25) is 0 Å². The molecule has 0 aliphatic heterocycles. The van der Waals surface area contributed by atoms with Crippen LogP contribution >= 0.6 is 23.7 Å². The van der Waals surface area contributed by atoms with Crippen molar-refractivity contribution in [2.45, 2.75) is 51.9 Å². The Kier molecular flexibility index (Phi) is 5.17. The molecule has 3 aromatic rings. The summed E-state index contributed by atoms with van der Waals surface area (Å²) in [4.78, 5) is 8.03. The molecule has 0 amide bonds. The third kappa shape index (κ3) is 3.15. The SMILES string of the molecule is COc1ccc(-c2c3c(nc4sc5c(c24)CCCC5)CCC(C)C3)cc1.Cl. The number of thiophene rings is 1. The number of halogens is 1. The summed E-state index contributed by atoms with van der Waals surface area (Å²) in [5.74, 6) is 1.67. The molecule has 5 rings (SSSR count). The second-order valence-corrected chi connectivity index (χ2v) is 8.96. The molecular formula is C23H26ClNOS. The van der Waals surface area contributed by atoms with Crippen LogP contribution in [0.4, 0.5) is 0 Å². The molecule has 2 heterocycles. The standard InChI is InChI=1S/C23H25NOS.ClH/c1-14-7-12-19-18(13-14)21(15-8-10-16(25-2)11-9-15)22-17-5-3-4-6-20(17)26-23(22)24-19;/h8-11,14H,3-7,12-13H2,1-2H3;1H. The van der Waals surface area contributed by atoms with Gasteiger partial charge in [-0.3, -0.25) is 0 Å². The number of aryl methyl sites for hydroxylation is 3. The van der Waals surface area contributed by atoms with Crippen molar-refractivity contribution >= 4 is 34.0 Å². The topological polar surface area (TPSA) is 22.1 Å². The molecule has 142 valence electrons. The second-order valence-electron chi connectivity index (χ2n) is 7.88. The van der Waals surface area contributed by atoms with E-state index in [4.69, 9.17) is 9.72 Å². The predicted molar refractivity (Wildman–Crippen MR) is 117 cm³/mol. The number of hydrogen-bond acceptors (Lipinski definition) is 3. The van der Waals surface area contributed by atoms with E-state index in [0.717, 1.165) is 24.5 Å². The lowest BCUT2D eigenvalue weighted by atomic mass is 9.81. The molecule has 2 aliphatic rings. The number of pyridine rings is 1. The molecule has 1 atom stereocenters. The summed E-state index contributed by atoms with van der Waals surface area (Å²) in [6.07, 6.45) is 8.64. The zero-order chi connectivity index (χ0) is 17.7. The average Bonchev–Trinajstić information content (AvgIpc) is 3.04. The zero-order valence-electron chi connectivity index (χ0n) is 16.0. The predicted octanol–water partition coefficient (Wildman–Crippen LogP) is 6.40. The van der Waals surface area contributed by atoms with E-state index in [1.54, 1.807) is 17.6 Å². The smallest absolute Gasteiger partial charge is 0.124 e. The summed E-state index contributed by atoms with van der Waals surface area (Å²) in [5, 5.41) is 1.46. The maximum absolute atomic E-state index is 5.39. The van der Waals surface area contributed by atoms with Crippen LogP contribution in [-0.4, -0.2) is 12.1 Å². The minimum atomic E-state index is 0. The summed E-state index contributed by atoms with van der Waals surface area (Å²) >= 11 is 1.95. The summed E-state index contributed by atoms with van der Waals surface area (Å²) in [5.41, 5.74) is 7.25. The first-order valence-corrected chi connectivity index (χ1v) is 10.7. The number of nitrogens with zero attached hydrogens (tertiary/aromatic N) is 1. The lowest BCUT2D eigenvalue weighted by molar-refractivity contribution is 0.415. The van der Waals surface area contributed by atoms with E-state index in [-0.39, 0.29) is 12.4 Å². The Morgan fingerprint density at radius 3 is 2.59 bits per heavy atom. The van der Waals surface area contributed by atoms with Gasteiger partial charge in [0, 0.05) is 16.0 Å². The molecule has 2 aliphatic carbocycles. The van der Waals surface area contributed by atoms with E-state index < -0.39 is 0 Å². The minimum Gasteiger partial charge on any atom is -0.497 e. The average molecular weight is 400 g/mol. The van der Waals surface area contributed by atoms with Gasteiger partial charge in [-0.1, -0.05) is 19.1 Å². The molecule has 0 saturated heterocycles. The summed E-state index contributed by atoms with van der Waals surface area (Å²) in [6, 6.07) is 8.66. The van der Waals surface area contributed by atoms with Crippen molar-refractivity contribution in [1.82, 2.24) is 4.98 Å². The molecular weight excluding hydrogens is 374 g/mol. The Labute approximate surface area is 171 Å². The largest absolute Gasteiger partial charge is 0.497 e. The molecule has 2 nitrogen and oxygen atoms in total. The van der Waals surface area contributed by atoms with E-state index >= 15 is 0 Å². The monoisotopic (exact) mass is 399 g/mol. The third-order valence-corrected chi connectivity index (χ3v) is 7.28. The highest BCUT2D eigenvalue weighted by atomic mass is 35.5. The van der Waals surface area contributed by atoms with Crippen molar-refractivity contribution in [3.63, 3.8) is 0 Å². The van der Waals surface area contributed by atoms with Gasteiger partial charge in [-0.05, 0) is 85.3 Å². The van der Waals surface area contributed by atoms with Gasteiger partial charge in [0.2, 0.25) is 0 Å². The third-order valence-electron chi connectivity index (χ3n) is 6.09. The number of aromatic nitrogens is 1. The fourth-order valence-electron chi connectivity index (χ4n) is 4.71. The summed E-state index contributed by atoms with van der Waals surface area (Å²) in [7, 11) is 1.73. The Balaban J connectivity index is 0.00000180. The van der Waals surface area contributed by atoms with Crippen LogP contribution in [0.25, 0.3) is 21.3 Å². The molecule has 4 heteroatoms. The molecule has 1 aromatic carbocycles. The zero-order valence-corrected chi connectivity index (χ0v) is 17.6. The number of rotatable bonds is 2. The minimum absolute atomic E-state index is 0. The Hall–Kier alpha value is -1.58. The van der Waals surface area contributed by atoms with Gasteiger partial charge in [0.1, 0.15) is 10.6 Å². The van der Waals surface area contributed by atoms with E-state index in [2.05, 4.69) is 31.2 Å². The normalized spacial score (nSPS) is 18.5. The molecule has 27 heavy (non-hydrogen) atoms. The van der Waals surface area contributed by atoms with E-state index in [1.807, 2.05) is 11.3 Å². The van der Waals surface area contributed by atoms with Gasteiger partial charge in [0.05, 0.1) is 7.11 Å². The van der Waals surface area contributed by atoms with Crippen LogP contribution in [0.1, 0.15) is 47.9 Å². The fraction of sp³-hybridized carbons (Fsp3) is 0.435. The molecule has 0 spiro atoms. The Morgan fingerprint density at radius 1 is 1.04 bits per heavy atom. The highest BCUT2D eigenvalue weighted by Crippen LogP contribution is 2.45. The first kappa shape index (κ1) is 18.8. The molecule has 2 aromatic heterocycles. The molecule has 0 saturated carbocycles. The molecule has 1 unspecified atom stereocenters. The van der Waals surface area contributed by atoms with Crippen LogP contribution in [0.5, 0.6) is 5.75 Å². The van der Waals surface area contributed by atoms with Gasteiger partial charge in [-0.25, -0.2) is 4.98 Å². The number of fused-ring (bicyclic) bond motifs is 4. The van der Waals surface area contributed by atoms with Gasteiger partial charge in [-0.15, -0.1) is 23.7 Å². The van der Waals surface area contributed by atoms with Gasteiger partial charge < -0.3 is 4.74 Å². The molecule has 0 fully saturated rings. The van der Waals surface area contributed by atoms with E-state index in [1.165, 1.54) is 64.7 Å². The van der Waals surface area contributed by atoms with Crippen molar-refractivity contribution in [2.24, 2.45) is 5.92 Å². The summed E-state index contributed by atoms with van der Waals surface area (Å²) in [6.45, 7) is 2.38. The highest BCUT2D eigenvalue weighted by Gasteiger charge is 2.27. The lowest BCUT2D eigenvalue weighted by Crippen LogP contribution is -2.14. The number of hydrogen-bond donors (Lipinski definition) is 0. The van der Waals surface area contributed by atoms with Crippen LogP contribution in [0, 0.1) is 5.92 Å². The Bertz CT molecular complexity index is 976. The molecule has 0 bridgehead atoms. The van der Waals surface area contributed by atoms with Crippen molar-refractivity contribution in [3.8, 4) is 16.9 Å². The van der Waals surface area contributed by atoms with Gasteiger partial charge in [0.25, 0.3) is 0 Å². The number of ether oxygens (including phenoxy) is 1. The lowest BCUT2D eigenvalue weighted by Gasteiger charge is -2.25. The highest BCUT2D eigenvalue weighted by molar-refractivity contribution is 7.19. The second kappa shape index (κ2) is 7.44. The first-order valence-electron chi connectivity index (χ1n) is 9.85. The van der Waals surface area contributed by atoms with E-state index in [9.17, 15) is 0 Å². The first-order chi connectivity index (χ1) is 12.7. The van der Waals surface area contributed by atoms with Crippen LogP contribution < -0.4 is 4.74 Å². The van der Waals surface area contributed by atoms with Crippen molar-refractivity contribution in [3.05, 3.63) is 46.0 Å². The molecule has 0 N–H and O–H groups in total. The maximum atomic E-state index is 5.39. The number of benzene rings is 1. The quantitative estimate of drug-likeness (QED) is 0.497. The number of methoxy groups -OCH3 is 1. The van der Waals surface area contributed by atoms with E-state index in [0.29, 0.717) is 0 Å². The van der Waals surface area contributed by atoms with Crippen molar-refractivity contribution in [1.29, 1.82) is 0 Å². The van der Waals surface area contributed by atoms with Crippen LogP contribution in [0.15, 0.2) is 24.3 Å². The fourth-order valence-corrected chi connectivity index (χ4v) is 6.00. The summed E-state index contributed by atoms with van der Waals surface area (Å²) < 4.78 is 5.39. The van der Waals surface area contributed by atoms with Crippen LogP contribution in [0.3, 0.4) is 0 Å².